The van der Waals surface area contributed by atoms with Crippen LogP contribution in [-0.2, 0) is 0 Å². The van der Waals surface area contributed by atoms with E-state index in [4.69, 9.17) is 27.9 Å². The van der Waals surface area contributed by atoms with E-state index >= 15 is 0 Å². The van der Waals surface area contributed by atoms with Gasteiger partial charge >= 0.3 is 0 Å². The number of amides is 1. The number of thiophene rings is 1. The van der Waals surface area contributed by atoms with Crippen LogP contribution in [0.1, 0.15) is 20.8 Å². The molecule has 0 saturated heterocycles. The van der Waals surface area contributed by atoms with E-state index in [1.807, 2.05) is 38.1 Å². The Kier molecular flexibility index (Phi) is 4.72. The SMILES string of the molecule is COc1ccc2c(Cl)c(C(=O)Nc3c(C)cccc3C)sc2c1Cl. The molecule has 0 fully saturated rings. The zero-order valence-corrected chi connectivity index (χ0v) is 15.7. The van der Waals surface area contributed by atoms with Crippen LogP contribution in [-0.4, -0.2) is 13.0 Å². The number of methoxy groups -OCH3 is 1. The number of carbonyl (C=O) groups excluding carboxylic acids is 1. The molecule has 0 aliphatic rings. The first-order valence-corrected chi connectivity index (χ1v) is 8.83. The fourth-order valence-corrected chi connectivity index (χ4v) is 4.36. The smallest absolute Gasteiger partial charge is 0.267 e. The maximum absolute atomic E-state index is 12.7. The molecule has 6 heteroatoms. The predicted molar refractivity (Wildman–Crippen MR) is 102 cm³/mol. The molecule has 0 unspecified atom stereocenters. The Morgan fingerprint density at radius 3 is 2.38 bits per heavy atom. The molecule has 124 valence electrons. The number of rotatable bonds is 3. The topological polar surface area (TPSA) is 38.3 Å². The summed E-state index contributed by atoms with van der Waals surface area (Å²) < 4.78 is 5.96. The fourth-order valence-electron chi connectivity index (χ4n) is 2.57. The summed E-state index contributed by atoms with van der Waals surface area (Å²) in [7, 11) is 1.55. The number of nitrogens with one attached hydrogen (secondary N) is 1. The van der Waals surface area contributed by atoms with Crippen LogP contribution in [0.3, 0.4) is 0 Å². The lowest BCUT2D eigenvalue weighted by Crippen LogP contribution is -2.12. The van der Waals surface area contributed by atoms with Crippen molar-refractivity contribution in [3.63, 3.8) is 0 Å². The van der Waals surface area contributed by atoms with Crippen molar-refractivity contribution in [3.05, 3.63) is 56.4 Å². The lowest BCUT2D eigenvalue weighted by Gasteiger charge is -2.10. The number of ether oxygens (including phenoxy) is 1. The van der Waals surface area contributed by atoms with Crippen molar-refractivity contribution >= 4 is 56.2 Å². The second kappa shape index (κ2) is 6.63. The highest BCUT2D eigenvalue weighted by atomic mass is 35.5. The number of para-hydroxylation sites is 1. The Balaban J connectivity index is 2.05. The molecule has 3 rings (SSSR count). The molecule has 0 saturated carbocycles. The zero-order valence-electron chi connectivity index (χ0n) is 13.4. The van der Waals surface area contributed by atoms with Crippen molar-refractivity contribution in [3.8, 4) is 5.75 Å². The maximum Gasteiger partial charge on any atom is 0.267 e. The van der Waals surface area contributed by atoms with Gasteiger partial charge in [-0.3, -0.25) is 4.79 Å². The van der Waals surface area contributed by atoms with Crippen molar-refractivity contribution in [1.82, 2.24) is 0 Å². The summed E-state index contributed by atoms with van der Waals surface area (Å²) in [5.41, 5.74) is 2.81. The summed E-state index contributed by atoms with van der Waals surface area (Å²) >= 11 is 14.0. The van der Waals surface area contributed by atoms with E-state index < -0.39 is 0 Å². The minimum atomic E-state index is -0.242. The van der Waals surface area contributed by atoms with Gasteiger partial charge in [0.1, 0.15) is 15.6 Å². The normalized spacial score (nSPS) is 10.9. The van der Waals surface area contributed by atoms with E-state index in [1.54, 1.807) is 13.2 Å². The van der Waals surface area contributed by atoms with Crippen LogP contribution in [0.2, 0.25) is 10.0 Å². The second-order valence-corrected chi connectivity index (χ2v) is 7.20. The fraction of sp³-hybridized carbons (Fsp3) is 0.167. The molecular weight excluding hydrogens is 365 g/mol. The second-order valence-electron chi connectivity index (χ2n) is 5.42. The van der Waals surface area contributed by atoms with E-state index in [2.05, 4.69) is 5.32 Å². The van der Waals surface area contributed by atoms with Gasteiger partial charge in [0.15, 0.2) is 0 Å². The van der Waals surface area contributed by atoms with E-state index in [0.717, 1.165) is 26.9 Å². The number of aryl methyl sites for hydroxylation is 2. The quantitative estimate of drug-likeness (QED) is 0.598. The van der Waals surface area contributed by atoms with Gasteiger partial charge in [-0.1, -0.05) is 41.4 Å². The van der Waals surface area contributed by atoms with E-state index in [0.29, 0.717) is 20.7 Å². The lowest BCUT2D eigenvalue weighted by molar-refractivity contribution is 0.103. The summed E-state index contributed by atoms with van der Waals surface area (Å²) in [4.78, 5) is 13.1. The van der Waals surface area contributed by atoms with Crippen molar-refractivity contribution in [2.75, 3.05) is 12.4 Å². The molecule has 3 nitrogen and oxygen atoms in total. The van der Waals surface area contributed by atoms with E-state index in [9.17, 15) is 4.79 Å². The van der Waals surface area contributed by atoms with E-state index in [-0.39, 0.29) is 5.91 Å². The van der Waals surface area contributed by atoms with Crippen LogP contribution in [0, 0.1) is 13.8 Å². The molecule has 0 aliphatic carbocycles. The molecule has 0 aliphatic heterocycles. The van der Waals surface area contributed by atoms with Crippen molar-refractivity contribution < 1.29 is 9.53 Å². The Morgan fingerprint density at radius 1 is 1.08 bits per heavy atom. The summed E-state index contributed by atoms with van der Waals surface area (Å²) in [5.74, 6) is 0.317. The van der Waals surface area contributed by atoms with Gasteiger partial charge in [-0.25, -0.2) is 0 Å². The molecule has 0 atom stereocenters. The van der Waals surface area contributed by atoms with Gasteiger partial charge in [0.25, 0.3) is 5.91 Å². The van der Waals surface area contributed by atoms with Crippen LogP contribution in [0.25, 0.3) is 10.1 Å². The Labute approximate surface area is 154 Å². The number of halogens is 2. The molecule has 1 heterocycles. The molecule has 0 spiro atoms. The van der Waals surface area contributed by atoms with Crippen LogP contribution in [0.4, 0.5) is 5.69 Å². The van der Waals surface area contributed by atoms with Gasteiger partial charge in [-0.2, -0.15) is 0 Å². The maximum atomic E-state index is 12.7. The summed E-state index contributed by atoms with van der Waals surface area (Å²) in [6.45, 7) is 3.91. The molecular formula is C18H15Cl2NO2S. The first-order valence-electron chi connectivity index (χ1n) is 7.26. The summed E-state index contributed by atoms with van der Waals surface area (Å²) in [5, 5.41) is 4.58. The van der Waals surface area contributed by atoms with Gasteiger partial charge < -0.3 is 10.1 Å². The molecule has 24 heavy (non-hydrogen) atoms. The molecule has 0 radical (unpaired) electrons. The Bertz CT molecular complexity index is 930. The lowest BCUT2D eigenvalue weighted by atomic mass is 10.1. The van der Waals surface area contributed by atoms with Crippen LogP contribution < -0.4 is 10.1 Å². The summed E-state index contributed by atoms with van der Waals surface area (Å²) in [6.07, 6.45) is 0. The molecule has 0 bridgehead atoms. The van der Waals surface area contributed by atoms with Crippen LogP contribution in [0.15, 0.2) is 30.3 Å². The molecule has 2 aromatic carbocycles. The highest BCUT2D eigenvalue weighted by Gasteiger charge is 2.21. The number of carbonyl (C=O) groups is 1. The van der Waals surface area contributed by atoms with Crippen LogP contribution in [0.5, 0.6) is 5.75 Å². The molecule has 1 N–H and O–H groups in total. The van der Waals surface area contributed by atoms with Crippen molar-refractivity contribution in [1.29, 1.82) is 0 Å². The third kappa shape index (κ3) is 2.86. The first-order chi connectivity index (χ1) is 11.4. The predicted octanol–water partition coefficient (Wildman–Crippen LogP) is 6.09. The highest BCUT2D eigenvalue weighted by Crippen LogP contribution is 2.43. The average molecular weight is 380 g/mol. The van der Waals surface area contributed by atoms with Crippen LogP contribution >= 0.6 is 34.5 Å². The Hall–Kier alpha value is -1.75. The highest BCUT2D eigenvalue weighted by molar-refractivity contribution is 7.22. The largest absolute Gasteiger partial charge is 0.495 e. The number of benzene rings is 2. The molecule has 3 aromatic rings. The third-order valence-electron chi connectivity index (χ3n) is 3.85. The van der Waals surface area contributed by atoms with Gasteiger partial charge in [-0.15, -0.1) is 11.3 Å². The zero-order chi connectivity index (χ0) is 17.4. The van der Waals surface area contributed by atoms with Gasteiger partial charge in [0, 0.05) is 11.1 Å². The van der Waals surface area contributed by atoms with Crippen molar-refractivity contribution in [2.45, 2.75) is 13.8 Å². The minimum Gasteiger partial charge on any atom is -0.495 e. The third-order valence-corrected chi connectivity index (χ3v) is 6.06. The standard InChI is InChI=1S/C18H15Cl2NO2S/c1-9-5-4-6-10(2)15(9)21-18(22)17-13(19)11-7-8-12(23-3)14(20)16(11)24-17/h4-8H,1-3H3,(H,21,22). The first kappa shape index (κ1) is 17.1. The van der Waals surface area contributed by atoms with Crippen molar-refractivity contribution in [2.24, 2.45) is 0 Å². The molecule has 1 aromatic heterocycles. The van der Waals surface area contributed by atoms with Gasteiger partial charge in [-0.05, 0) is 37.1 Å². The average Bonchev–Trinajstić information content (AvgIpc) is 2.89. The Morgan fingerprint density at radius 2 is 1.75 bits per heavy atom. The minimum absolute atomic E-state index is 0.242. The van der Waals surface area contributed by atoms with Gasteiger partial charge in [0.05, 0.1) is 16.8 Å². The summed E-state index contributed by atoms with van der Waals surface area (Å²) in [6, 6.07) is 9.43. The number of hydrogen-bond donors (Lipinski definition) is 1. The molecule has 1 amide bonds. The number of anilines is 1. The number of fused-ring (bicyclic) bond motifs is 1. The van der Waals surface area contributed by atoms with E-state index in [1.165, 1.54) is 11.3 Å². The van der Waals surface area contributed by atoms with Gasteiger partial charge in [0.2, 0.25) is 0 Å². The number of hydrogen-bond acceptors (Lipinski definition) is 3. The monoisotopic (exact) mass is 379 g/mol.